The van der Waals surface area contributed by atoms with Gasteiger partial charge in [-0.15, -0.1) is 0 Å². The molecule has 0 unspecified atom stereocenters. The summed E-state index contributed by atoms with van der Waals surface area (Å²) in [6.45, 7) is 3.72. The fourth-order valence-corrected chi connectivity index (χ4v) is 4.63. The van der Waals surface area contributed by atoms with Crippen molar-refractivity contribution in [3.05, 3.63) is 70.3 Å². The molecule has 1 aliphatic rings. The molecule has 0 saturated heterocycles. The minimum atomic E-state index is -0.420. The molecule has 28 heavy (non-hydrogen) atoms. The van der Waals surface area contributed by atoms with Crippen LogP contribution in [0.15, 0.2) is 36.4 Å². The molecule has 1 fully saturated rings. The van der Waals surface area contributed by atoms with Crippen LogP contribution in [0.25, 0.3) is 0 Å². The Morgan fingerprint density at radius 3 is 2.07 bits per heavy atom. The second kappa shape index (κ2) is 10.2. The zero-order valence-electron chi connectivity index (χ0n) is 17.4. The number of halogens is 2. The van der Waals surface area contributed by atoms with E-state index in [0.717, 1.165) is 36.7 Å². The van der Waals surface area contributed by atoms with Crippen molar-refractivity contribution in [2.24, 2.45) is 5.92 Å². The van der Waals surface area contributed by atoms with Gasteiger partial charge in [0.15, 0.2) is 0 Å². The minimum absolute atomic E-state index is 0.125. The molecule has 0 amide bonds. The maximum Gasteiger partial charge on any atom is 0.129 e. The van der Waals surface area contributed by atoms with Gasteiger partial charge in [0.05, 0.1) is 0 Å². The Hall–Kier alpha value is -1.70. The van der Waals surface area contributed by atoms with Gasteiger partial charge in [-0.25, -0.2) is 8.78 Å². The lowest BCUT2D eigenvalue weighted by Crippen LogP contribution is -2.13. The monoisotopic (exact) mass is 384 g/mol. The third-order valence-electron chi connectivity index (χ3n) is 6.51. The molecule has 152 valence electrons. The predicted molar refractivity (Wildman–Crippen MR) is 114 cm³/mol. The number of hydrogen-bond donors (Lipinski definition) is 0. The van der Waals surface area contributed by atoms with Crippen molar-refractivity contribution >= 4 is 0 Å². The van der Waals surface area contributed by atoms with Crippen molar-refractivity contribution in [1.29, 1.82) is 0 Å². The largest absolute Gasteiger partial charge is 0.207 e. The van der Waals surface area contributed by atoms with E-state index in [9.17, 15) is 8.78 Å². The highest BCUT2D eigenvalue weighted by molar-refractivity contribution is 5.26. The highest BCUT2D eigenvalue weighted by Gasteiger charge is 2.22. The highest BCUT2D eigenvalue weighted by atomic mass is 19.1. The summed E-state index contributed by atoms with van der Waals surface area (Å²) in [5.41, 5.74) is 3.88. The quantitative estimate of drug-likeness (QED) is 0.406. The molecule has 0 radical (unpaired) electrons. The van der Waals surface area contributed by atoms with E-state index in [1.165, 1.54) is 75.1 Å². The van der Waals surface area contributed by atoms with E-state index in [1.807, 2.05) is 0 Å². The predicted octanol–water partition coefficient (Wildman–Crippen LogP) is 7.91. The third kappa shape index (κ3) is 5.65. The summed E-state index contributed by atoms with van der Waals surface area (Å²) in [5, 5.41) is 0. The van der Waals surface area contributed by atoms with Gasteiger partial charge in [0.2, 0.25) is 0 Å². The van der Waals surface area contributed by atoms with Gasteiger partial charge in [-0.3, -0.25) is 0 Å². The second-order valence-corrected chi connectivity index (χ2v) is 8.64. The third-order valence-corrected chi connectivity index (χ3v) is 6.51. The second-order valence-electron chi connectivity index (χ2n) is 8.64. The molecule has 0 aromatic heterocycles. The Kier molecular flexibility index (Phi) is 7.65. The van der Waals surface area contributed by atoms with Crippen LogP contribution in [-0.4, -0.2) is 0 Å². The summed E-state index contributed by atoms with van der Waals surface area (Å²) >= 11 is 0. The lowest BCUT2D eigenvalue weighted by molar-refractivity contribution is 0.303. The normalized spacial score (nSPS) is 19.7. The molecule has 0 spiro atoms. The van der Waals surface area contributed by atoms with E-state index in [4.69, 9.17) is 0 Å². The van der Waals surface area contributed by atoms with Crippen molar-refractivity contribution in [3.8, 4) is 0 Å². The first-order valence-electron chi connectivity index (χ1n) is 11.1. The smallest absolute Gasteiger partial charge is 0.129 e. The van der Waals surface area contributed by atoms with Crippen LogP contribution in [0.3, 0.4) is 0 Å². The van der Waals surface area contributed by atoms with E-state index >= 15 is 0 Å². The first-order valence-corrected chi connectivity index (χ1v) is 11.1. The number of unbranched alkanes of at least 4 members (excludes halogenated alkanes) is 1. The van der Waals surface area contributed by atoms with Crippen LogP contribution in [0.2, 0.25) is 0 Å². The first-order chi connectivity index (χ1) is 13.6. The molecule has 0 N–H and O–H groups in total. The summed E-state index contributed by atoms with van der Waals surface area (Å²) < 4.78 is 27.3. The molecule has 2 heteroatoms. The van der Waals surface area contributed by atoms with Gasteiger partial charge in [-0.1, -0.05) is 50.5 Å². The van der Waals surface area contributed by atoms with Gasteiger partial charge in [0.25, 0.3) is 0 Å². The Labute approximate surface area is 169 Å². The fourth-order valence-electron chi connectivity index (χ4n) is 4.63. The number of aryl methyl sites for hydroxylation is 2. The summed E-state index contributed by atoms with van der Waals surface area (Å²) in [5.74, 6) is 0.708. The highest BCUT2D eigenvalue weighted by Crippen LogP contribution is 2.37. The van der Waals surface area contributed by atoms with E-state index in [1.54, 1.807) is 0 Å². The standard InChI is InChI=1S/C26H34F2/c1-3-6-20-9-13-23(14-10-20)24-15-11-21(12-16-24)7-4-5-8-22-17-25(27)19(2)26(28)18-22/h9-10,13-14,17-18,21,24H,3-8,11-12,15-16H2,1-2H3. The molecule has 0 aliphatic heterocycles. The van der Waals surface area contributed by atoms with Crippen molar-refractivity contribution in [3.63, 3.8) is 0 Å². The molecule has 2 aromatic rings. The van der Waals surface area contributed by atoms with Gasteiger partial charge in [-0.05, 0) is 92.5 Å². The Balaban J connectivity index is 1.37. The SMILES string of the molecule is CCCc1ccc(C2CCC(CCCCc3cc(F)c(C)c(F)c3)CC2)cc1. The summed E-state index contributed by atoms with van der Waals surface area (Å²) in [7, 11) is 0. The topological polar surface area (TPSA) is 0 Å². The zero-order valence-corrected chi connectivity index (χ0v) is 17.4. The van der Waals surface area contributed by atoms with Crippen LogP contribution < -0.4 is 0 Å². The van der Waals surface area contributed by atoms with E-state index in [2.05, 4.69) is 31.2 Å². The zero-order chi connectivity index (χ0) is 19.9. The van der Waals surface area contributed by atoms with Crippen LogP contribution in [0, 0.1) is 24.5 Å². The number of hydrogen-bond acceptors (Lipinski definition) is 0. The van der Waals surface area contributed by atoms with Crippen molar-refractivity contribution in [2.75, 3.05) is 0 Å². The lowest BCUT2D eigenvalue weighted by atomic mass is 9.77. The van der Waals surface area contributed by atoms with Crippen LogP contribution in [0.5, 0.6) is 0 Å². The Morgan fingerprint density at radius 2 is 1.46 bits per heavy atom. The van der Waals surface area contributed by atoms with Gasteiger partial charge in [-0.2, -0.15) is 0 Å². The molecule has 0 atom stereocenters. The van der Waals surface area contributed by atoms with Crippen LogP contribution in [0.1, 0.15) is 86.5 Å². The maximum absolute atomic E-state index is 13.6. The lowest BCUT2D eigenvalue weighted by Gasteiger charge is -2.29. The maximum atomic E-state index is 13.6. The molecular weight excluding hydrogens is 350 g/mol. The van der Waals surface area contributed by atoms with E-state index < -0.39 is 11.6 Å². The summed E-state index contributed by atoms with van der Waals surface area (Å²) in [6, 6.07) is 12.3. The molecule has 2 aromatic carbocycles. The Morgan fingerprint density at radius 1 is 0.821 bits per heavy atom. The average molecular weight is 385 g/mol. The molecule has 0 nitrogen and oxygen atoms in total. The van der Waals surface area contributed by atoms with Crippen LogP contribution in [0.4, 0.5) is 8.78 Å². The Bertz CT molecular complexity index is 717. The first kappa shape index (κ1) is 21.0. The molecule has 3 rings (SSSR count). The minimum Gasteiger partial charge on any atom is -0.207 e. The number of rotatable bonds is 8. The molecular formula is C26H34F2. The fraction of sp³-hybridized carbons (Fsp3) is 0.538. The van der Waals surface area contributed by atoms with E-state index in [-0.39, 0.29) is 5.56 Å². The van der Waals surface area contributed by atoms with Crippen LogP contribution >= 0.6 is 0 Å². The van der Waals surface area contributed by atoms with Gasteiger partial charge >= 0.3 is 0 Å². The molecule has 1 aliphatic carbocycles. The molecule has 0 heterocycles. The van der Waals surface area contributed by atoms with E-state index in [0.29, 0.717) is 0 Å². The average Bonchev–Trinajstić information content (AvgIpc) is 2.71. The molecule has 1 saturated carbocycles. The van der Waals surface area contributed by atoms with Gasteiger partial charge < -0.3 is 0 Å². The van der Waals surface area contributed by atoms with Crippen molar-refractivity contribution < 1.29 is 8.78 Å². The summed E-state index contributed by atoms with van der Waals surface area (Å²) in [6.07, 6.45) is 11.8. The van der Waals surface area contributed by atoms with Gasteiger partial charge in [0, 0.05) is 5.56 Å². The van der Waals surface area contributed by atoms with Crippen molar-refractivity contribution in [1.82, 2.24) is 0 Å². The summed E-state index contributed by atoms with van der Waals surface area (Å²) in [4.78, 5) is 0. The van der Waals surface area contributed by atoms with Gasteiger partial charge in [0.1, 0.15) is 11.6 Å². The van der Waals surface area contributed by atoms with Crippen LogP contribution in [-0.2, 0) is 12.8 Å². The number of benzene rings is 2. The molecule has 0 bridgehead atoms. The van der Waals surface area contributed by atoms with Crippen molar-refractivity contribution in [2.45, 2.75) is 84.0 Å².